The predicted molar refractivity (Wildman–Crippen MR) is 197 cm³/mol. The number of carbonyl (C=O) groups excluding carboxylic acids is 5. The van der Waals surface area contributed by atoms with Gasteiger partial charge in [-0.3, -0.25) is 23.7 Å². The van der Waals surface area contributed by atoms with Gasteiger partial charge in [-0.2, -0.15) is 0 Å². The Balaban J connectivity index is 3.27. The first-order valence-corrected chi connectivity index (χ1v) is 18.7. The number of amides is 5. The van der Waals surface area contributed by atoms with Gasteiger partial charge in [0.1, 0.15) is 12.1 Å². The summed E-state index contributed by atoms with van der Waals surface area (Å²) in [5, 5.41) is 14.5. The van der Waals surface area contributed by atoms with E-state index in [0.717, 1.165) is 12.0 Å². The number of allylic oxidation sites excluding steroid dienone is 1. The van der Waals surface area contributed by atoms with E-state index >= 15 is 0 Å². The molecular weight excluding hydrogens is 662 g/mol. The molecule has 0 spiro atoms. The predicted octanol–water partition coefficient (Wildman–Crippen LogP) is 2.55. The maximum Gasteiger partial charge on any atom is 0.315 e. The minimum Gasteiger partial charge on any atom is -0.346 e. The number of ketones is 1. The summed E-state index contributed by atoms with van der Waals surface area (Å²) < 4.78 is 22.1. The molecule has 1 aliphatic heterocycles. The summed E-state index contributed by atoms with van der Waals surface area (Å²) in [4.78, 5) is 69.1. The van der Waals surface area contributed by atoms with Crippen LogP contribution in [0.4, 0.5) is 4.79 Å². The maximum absolute atomic E-state index is 14.4. The normalized spacial score (nSPS) is 18.6. The average Bonchev–Trinajstić information content (AvgIpc) is 3.42. The Morgan fingerprint density at radius 1 is 0.980 bits per heavy atom. The Bertz CT molecular complexity index is 1220. The van der Waals surface area contributed by atoms with Gasteiger partial charge in [-0.1, -0.05) is 79.0 Å². The lowest BCUT2D eigenvalue weighted by Crippen LogP contribution is -2.62. The van der Waals surface area contributed by atoms with Crippen molar-refractivity contribution >= 4 is 40.8 Å². The fraction of sp³-hybridized carbons (Fsp3) is 0.743. The van der Waals surface area contributed by atoms with Gasteiger partial charge in [-0.15, -0.1) is 6.58 Å². The molecule has 5 amide bonds. The van der Waals surface area contributed by atoms with E-state index in [1.807, 2.05) is 68.4 Å². The zero-order chi connectivity index (χ0) is 38.2. The maximum atomic E-state index is 14.4. The van der Waals surface area contributed by atoms with Crippen LogP contribution in [-0.4, -0.2) is 100 Å². The number of hydrogen-bond donors (Lipinski definition) is 7. The number of rotatable bonds is 20. The van der Waals surface area contributed by atoms with Crippen molar-refractivity contribution in [2.24, 2.45) is 16.7 Å². The number of carbonyl (C=O) groups is 5. The Hall–Kier alpha value is -3.14. The van der Waals surface area contributed by atoms with Gasteiger partial charge in [0, 0.05) is 38.1 Å². The molecule has 1 saturated heterocycles. The van der Waals surface area contributed by atoms with Crippen LogP contribution in [-0.2, 0) is 30.4 Å². The summed E-state index contributed by atoms with van der Waals surface area (Å²) in [5.74, 6) is -2.85. The molecule has 1 heterocycles. The van der Waals surface area contributed by atoms with Gasteiger partial charge < -0.3 is 31.5 Å². The molecule has 14 nitrogen and oxygen atoms in total. The van der Waals surface area contributed by atoms with Crippen molar-refractivity contribution in [1.29, 1.82) is 0 Å². The Kier molecular flexibility index (Phi) is 19.1. The van der Waals surface area contributed by atoms with Crippen molar-refractivity contribution in [2.45, 2.75) is 119 Å². The lowest BCUT2D eigenvalue weighted by Gasteiger charge is -2.37. The van der Waals surface area contributed by atoms with Crippen LogP contribution < -0.4 is 31.3 Å². The molecule has 7 N–H and O–H groups in total. The monoisotopic (exact) mass is 725 g/mol. The molecule has 0 aliphatic carbocycles. The third-order valence-corrected chi connectivity index (χ3v) is 8.95. The summed E-state index contributed by atoms with van der Waals surface area (Å²) in [7, 11) is 0. The van der Waals surface area contributed by atoms with Crippen LogP contribution >= 0.6 is 0 Å². The number of nitrogens with zero attached hydrogens (tertiary/aromatic N) is 1. The van der Waals surface area contributed by atoms with Gasteiger partial charge in [0.15, 0.2) is 0 Å². The lowest BCUT2D eigenvalue weighted by molar-refractivity contribution is -0.144. The minimum atomic E-state index is -2.07. The van der Waals surface area contributed by atoms with E-state index in [2.05, 4.69) is 37.9 Å². The standard InChI is InChI=1S/C35H63N7O7S/c1-11-13-15-25(28(43)31(45)37-17-12-2)39-30(44)27-24(21-23(3)4)16-20-42(27)32(46)29(35(8,9)10)41-33(47)40-26(34(5,6)7)22-36-18-14-19-38-50(48)49/h12,21,24-27,29,36,38H,2,11,13-20,22H2,1,3-10H3,(H,37,45)(H,39,44)(H,48,49)(H2,40,41,47)/t24-,25?,26-,27?,29-/m1/s1. The smallest absolute Gasteiger partial charge is 0.315 e. The molecule has 3 unspecified atom stereocenters. The van der Waals surface area contributed by atoms with Crippen molar-refractivity contribution in [3.05, 3.63) is 24.3 Å². The van der Waals surface area contributed by atoms with E-state index in [9.17, 15) is 28.2 Å². The molecule has 1 rings (SSSR count). The van der Waals surface area contributed by atoms with Gasteiger partial charge >= 0.3 is 6.03 Å². The third kappa shape index (κ3) is 15.4. The summed E-state index contributed by atoms with van der Waals surface area (Å²) in [5.41, 5.74) is -0.112. The zero-order valence-electron chi connectivity index (χ0n) is 31.6. The second-order valence-corrected chi connectivity index (χ2v) is 16.1. The second kappa shape index (κ2) is 21.3. The molecule has 1 fully saturated rings. The van der Waals surface area contributed by atoms with Crippen molar-refractivity contribution in [3.63, 3.8) is 0 Å². The highest BCUT2D eigenvalue weighted by atomic mass is 32.2. The molecule has 286 valence electrons. The van der Waals surface area contributed by atoms with E-state index in [-0.39, 0.29) is 36.9 Å². The van der Waals surface area contributed by atoms with E-state index in [0.29, 0.717) is 38.9 Å². The van der Waals surface area contributed by atoms with Crippen molar-refractivity contribution in [2.75, 3.05) is 32.7 Å². The summed E-state index contributed by atoms with van der Waals surface area (Å²) in [6, 6.07) is -3.87. The summed E-state index contributed by atoms with van der Waals surface area (Å²) in [6.45, 7) is 22.5. The molecule has 15 heteroatoms. The highest BCUT2D eigenvalue weighted by Crippen LogP contribution is 2.31. The topological polar surface area (TPSA) is 198 Å². The number of hydrogen-bond acceptors (Lipinski definition) is 7. The van der Waals surface area contributed by atoms with Gasteiger partial charge in [0.25, 0.3) is 5.91 Å². The highest BCUT2D eigenvalue weighted by Gasteiger charge is 2.46. The fourth-order valence-electron chi connectivity index (χ4n) is 5.68. The van der Waals surface area contributed by atoms with E-state index in [1.54, 1.807) is 0 Å². The Morgan fingerprint density at radius 2 is 1.64 bits per heavy atom. The van der Waals surface area contributed by atoms with Crippen LogP contribution in [0.2, 0.25) is 0 Å². The van der Waals surface area contributed by atoms with E-state index in [4.69, 9.17) is 4.55 Å². The molecule has 0 bridgehead atoms. The van der Waals surface area contributed by atoms with Crippen molar-refractivity contribution < 1.29 is 32.7 Å². The SMILES string of the molecule is C=CCNC(=O)C(=O)C(CCCC)NC(=O)C1[C@@H](C=C(C)C)CCN1C(=O)[C@@H](NC(=O)N[C@H](CNCCCNS(=O)O)C(C)(C)C)C(C)(C)C. The summed E-state index contributed by atoms with van der Waals surface area (Å²) >= 11 is -2.07. The molecule has 0 radical (unpaired) electrons. The van der Waals surface area contributed by atoms with Gasteiger partial charge in [0.05, 0.1) is 6.04 Å². The lowest BCUT2D eigenvalue weighted by atomic mass is 9.85. The Morgan fingerprint density at radius 3 is 2.18 bits per heavy atom. The number of urea groups is 1. The number of likely N-dealkylation sites (tertiary alicyclic amines) is 1. The largest absolute Gasteiger partial charge is 0.346 e. The third-order valence-electron chi connectivity index (χ3n) is 8.50. The molecular formula is C35H63N7O7S. The van der Waals surface area contributed by atoms with E-state index in [1.165, 1.54) is 11.0 Å². The van der Waals surface area contributed by atoms with E-state index < -0.39 is 64.3 Å². The number of nitrogens with one attached hydrogen (secondary N) is 6. The zero-order valence-corrected chi connectivity index (χ0v) is 32.4. The first kappa shape index (κ1) is 44.9. The van der Waals surface area contributed by atoms with Gasteiger partial charge in [0.2, 0.25) is 28.9 Å². The van der Waals surface area contributed by atoms with Crippen LogP contribution in [0.25, 0.3) is 0 Å². The molecule has 0 aromatic carbocycles. The van der Waals surface area contributed by atoms with Crippen molar-refractivity contribution in [3.8, 4) is 0 Å². The van der Waals surface area contributed by atoms with Crippen LogP contribution in [0.5, 0.6) is 0 Å². The first-order valence-electron chi connectivity index (χ1n) is 17.5. The fourth-order valence-corrected chi connectivity index (χ4v) is 6.00. The molecule has 6 atom stereocenters. The van der Waals surface area contributed by atoms with Crippen LogP contribution in [0.3, 0.4) is 0 Å². The molecule has 0 aromatic heterocycles. The number of Topliss-reactive ketones (excluding diaryl/α,β-unsaturated/α-hetero) is 1. The van der Waals surface area contributed by atoms with Crippen molar-refractivity contribution in [1.82, 2.24) is 36.2 Å². The number of unbranched alkanes of at least 4 members (excludes halogenated alkanes) is 1. The average molecular weight is 726 g/mol. The quantitative estimate of drug-likeness (QED) is 0.0430. The minimum absolute atomic E-state index is 0.113. The summed E-state index contributed by atoms with van der Waals surface area (Å²) in [6.07, 6.45) is 6.15. The van der Waals surface area contributed by atoms with Crippen LogP contribution in [0.1, 0.15) is 94.4 Å². The van der Waals surface area contributed by atoms with Gasteiger partial charge in [-0.25, -0.2) is 13.7 Å². The van der Waals surface area contributed by atoms with Gasteiger partial charge in [-0.05, 0) is 50.5 Å². The molecule has 0 saturated carbocycles. The second-order valence-electron chi connectivity index (χ2n) is 15.3. The molecule has 1 aliphatic rings. The highest BCUT2D eigenvalue weighted by molar-refractivity contribution is 7.77. The van der Waals surface area contributed by atoms with Crippen LogP contribution in [0.15, 0.2) is 24.3 Å². The Labute approximate surface area is 301 Å². The first-order chi connectivity index (χ1) is 23.2. The molecule has 50 heavy (non-hydrogen) atoms. The van der Waals surface area contributed by atoms with Crippen LogP contribution in [0, 0.1) is 16.7 Å². The molecule has 0 aromatic rings.